The maximum atomic E-state index is 11.7. The summed E-state index contributed by atoms with van der Waals surface area (Å²) in [6.07, 6.45) is 3.82. The lowest BCUT2D eigenvalue weighted by molar-refractivity contribution is -0.121. The second-order valence-corrected chi connectivity index (χ2v) is 5.42. The quantitative estimate of drug-likeness (QED) is 0.822. The van der Waals surface area contributed by atoms with Gasteiger partial charge in [0.05, 0.1) is 0 Å². The number of carbonyl (C=O) groups excluding carboxylic acids is 1. The molecule has 3 nitrogen and oxygen atoms in total. The minimum atomic E-state index is 0.195. The number of rotatable bonds is 6. The van der Waals surface area contributed by atoms with Crippen LogP contribution in [-0.4, -0.2) is 25.5 Å². The number of amides is 1. The van der Waals surface area contributed by atoms with Gasteiger partial charge in [-0.3, -0.25) is 4.79 Å². The van der Waals surface area contributed by atoms with Crippen LogP contribution in [0.4, 0.5) is 0 Å². The summed E-state index contributed by atoms with van der Waals surface area (Å²) < 4.78 is 0. The molecular formula is C16H24N2O. The van der Waals surface area contributed by atoms with Crippen molar-refractivity contribution in [3.8, 4) is 0 Å². The molecular weight excluding hydrogens is 236 g/mol. The summed E-state index contributed by atoms with van der Waals surface area (Å²) in [6.45, 7) is 5.05. The molecule has 2 rings (SSSR count). The maximum Gasteiger partial charge on any atom is 0.220 e. The lowest BCUT2D eigenvalue weighted by Crippen LogP contribution is -2.26. The first-order valence-corrected chi connectivity index (χ1v) is 7.27. The summed E-state index contributed by atoms with van der Waals surface area (Å²) in [6, 6.07) is 8.35. The van der Waals surface area contributed by atoms with E-state index >= 15 is 0 Å². The molecule has 1 aliphatic heterocycles. The molecule has 1 aliphatic rings. The molecule has 1 unspecified atom stereocenters. The van der Waals surface area contributed by atoms with Crippen molar-refractivity contribution in [2.24, 2.45) is 5.92 Å². The molecule has 1 heterocycles. The van der Waals surface area contributed by atoms with Crippen LogP contribution in [-0.2, 0) is 11.2 Å². The molecule has 3 heteroatoms. The van der Waals surface area contributed by atoms with Crippen LogP contribution in [0.5, 0.6) is 0 Å². The molecule has 0 saturated carbocycles. The molecule has 19 heavy (non-hydrogen) atoms. The van der Waals surface area contributed by atoms with Crippen molar-refractivity contribution in [3.63, 3.8) is 0 Å². The minimum absolute atomic E-state index is 0.195. The van der Waals surface area contributed by atoms with Crippen molar-refractivity contribution in [1.29, 1.82) is 0 Å². The first-order chi connectivity index (χ1) is 9.25. The normalized spacial score (nSPS) is 18.5. The Bertz CT molecular complexity index is 411. The Morgan fingerprint density at radius 2 is 2.26 bits per heavy atom. The van der Waals surface area contributed by atoms with E-state index in [0.717, 1.165) is 32.5 Å². The zero-order valence-corrected chi connectivity index (χ0v) is 11.7. The summed E-state index contributed by atoms with van der Waals surface area (Å²) in [5.41, 5.74) is 2.62. The molecule has 1 aromatic rings. The molecule has 0 aliphatic carbocycles. The van der Waals surface area contributed by atoms with E-state index in [1.54, 1.807) is 0 Å². The highest BCUT2D eigenvalue weighted by Gasteiger charge is 2.15. The van der Waals surface area contributed by atoms with Gasteiger partial charge in [0.1, 0.15) is 0 Å². The smallest absolute Gasteiger partial charge is 0.220 e. The van der Waals surface area contributed by atoms with Crippen molar-refractivity contribution >= 4 is 5.91 Å². The zero-order chi connectivity index (χ0) is 13.5. The van der Waals surface area contributed by atoms with Crippen molar-refractivity contribution in [3.05, 3.63) is 35.4 Å². The lowest BCUT2D eigenvalue weighted by Gasteiger charge is -2.09. The molecule has 1 amide bonds. The topological polar surface area (TPSA) is 41.1 Å². The third-order valence-corrected chi connectivity index (χ3v) is 3.92. The maximum absolute atomic E-state index is 11.7. The zero-order valence-electron chi connectivity index (χ0n) is 11.7. The monoisotopic (exact) mass is 260 g/mol. The number of carbonyl (C=O) groups is 1. The van der Waals surface area contributed by atoms with Crippen LogP contribution >= 0.6 is 0 Å². The first kappa shape index (κ1) is 14.1. The molecule has 2 N–H and O–H groups in total. The highest BCUT2D eigenvalue weighted by atomic mass is 16.1. The van der Waals surface area contributed by atoms with Crippen LogP contribution in [0.2, 0.25) is 0 Å². The van der Waals surface area contributed by atoms with Gasteiger partial charge in [0.2, 0.25) is 5.91 Å². The summed E-state index contributed by atoms with van der Waals surface area (Å²) >= 11 is 0. The predicted octanol–water partition coefficient (Wildman–Crippen LogP) is 2.04. The van der Waals surface area contributed by atoms with E-state index in [1.807, 2.05) is 6.07 Å². The molecule has 0 aromatic heterocycles. The molecule has 1 aromatic carbocycles. The first-order valence-electron chi connectivity index (χ1n) is 7.27. The average molecular weight is 260 g/mol. The Hall–Kier alpha value is -1.35. The fourth-order valence-corrected chi connectivity index (χ4v) is 2.61. The largest absolute Gasteiger partial charge is 0.356 e. The molecule has 0 spiro atoms. The van der Waals surface area contributed by atoms with E-state index in [4.69, 9.17) is 0 Å². The van der Waals surface area contributed by atoms with Crippen molar-refractivity contribution in [2.45, 2.75) is 32.6 Å². The Labute approximate surface area is 115 Å². The second-order valence-electron chi connectivity index (χ2n) is 5.42. The Balaban J connectivity index is 1.62. The van der Waals surface area contributed by atoms with E-state index in [1.165, 1.54) is 17.5 Å². The highest BCUT2D eigenvalue weighted by molar-refractivity contribution is 5.75. The minimum Gasteiger partial charge on any atom is -0.356 e. The van der Waals surface area contributed by atoms with Crippen LogP contribution in [0, 0.1) is 12.8 Å². The van der Waals surface area contributed by atoms with E-state index < -0.39 is 0 Å². The fourth-order valence-electron chi connectivity index (χ4n) is 2.61. The van der Waals surface area contributed by atoms with Gasteiger partial charge in [-0.15, -0.1) is 0 Å². The van der Waals surface area contributed by atoms with Crippen molar-refractivity contribution < 1.29 is 4.79 Å². The van der Waals surface area contributed by atoms with E-state index in [-0.39, 0.29) is 5.91 Å². The molecule has 1 saturated heterocycles. The van der Waals surface area contributed by atoms with Gasteiger partial charge >= 0.3 is 0 Å². The summed E-state index contributed by atoms with van der Waals surface area (Å²) in [7, 11) is 0. The molecule has 0 radical (unpaired) electrons. The van der Waals surface area contributed by atoms with Crippen molar-refractivity contribution in [2.75, 3.05) is 19.6 Å². The molecule has 104 valence electrons. The van der Waals surface area contributed by atoms with Crippen LogP contribution in [0.15, 0.2) is 24.3 Å². The third kappa shape index (κ3) is 4.67. The van der Waals surface area contributed by atoms with E-state index in [9.17, 15) is 4.79 Å². The number of nitrogens with one attached hydrogen (secondary N) is 2. The number of benzene rings is 1. The lowest BCUT2D eigenvalue weighted by atomic mass is 10.0. The van der Waals surface area contributed by atoms with Crippen LogP contribution in [0.3, 0.4) is 0 Å². The predicted molar refractivity (Wildman–Crippen MR) is 78.1 cm³/mol. The number of aryl methyl sites for hydroxylation is 1. The van der Waals surface area contributed by atoms with Crippen LogP contribution in [0.1, 0.15) is 30.4 Å². The standard InChI is InChI=1S/C16H24N2O/c1-13-4-2-3-5-15(13)9-11-18-16(19)7-6-14-8-10-17-12-14/h2-5,14,17H,6-12H2,1H3,(H,18,19). The van der Waals surface area contributed by atoms with Gasteiger partial charge in [-0.05, 0) is 56.3 Å². The Morgan fingerprint density at radius 3 is 3.00 bits per heavy atom. The van der Waals surface area contributed by atoms with Gasteiger partial charge in [0, 0.05) is 13.0 Å². The van der Waals surface area contributed by atoms with Gasteiger partial charge in [0.15, 0.2) is 0 Å². The second kappa shape index (κ2) is 7.29. The SMILES string of the molecule is Cc1ccccc1CCNC(=O)CCC1CCNC1. The van der Waals surface area contributed by atoms with Gasteiger partial charge in [-0.2, -0.15) is 0 Å². The molecule has 1 fully saturated rings. The van der Waals surface area contributed by atoms with E-state index in [2.05, 4.69) is 35.8 Å². The van der Waals surface area contributed by atoms with E-state index in [0.29, 0.717) is 12.3 Å². The van der Waals surface area contributed by atoms with Gasteiger partial charge < -0.3 is 10.6 Å². The number of hydrogen-bond acceptors (Lipinski definition) is 2. The van der Waals surface area contributed by atoms with Gasteiger partial charge in [-0.1, -0.05) is 24.3 Å². The van der Waals surface area contributed by atoms with Crippen LogP contribution in [0.25, 0.3) is 0 Å². The summed E-state index contributed by atoms with van der Waals surface area (Å²) in [5, 5.41) is 6.36. The Morgan fingerprint density at radius 1 is 1.42 bits per heavy atom. The van der Waals surface area contributed by atoms with Gasteiger partial charge in [-0.25, -0.2) is 0 Å². The fraction of sp³-hybridized carbons (Fsp3) is 0.562. The highest BCUT2D eigenvalue weighted by Crippen LogP contribution is 2.14. The summed E-state index contributed by atoms with van der Waals surface area (Å²) in [5.74, 6) is 0.891. The Kier molecular flexibility index (Phi) is 5.40. The molecule has 0 bridgehead atoms. The summed E-state index contributed by atoms with van der Waals surface area (Å²) in [4.78, 5) is 11.7. The average Bonchev–Trinajstić information content (AvgIpc) is 2.92. The van der Waals surface area contributed by atoms with Gasteiger partial charge in [0.25, 0.3) is 0 Å². The van der Waals surface area contributed by atoms with Crippen LogP contribution < -0.4 is 10.6 Å². The third-order valence-electron chi connectivity index (χ3n) is 3.92. The number of hydrogen-bond donors (Lipinski definition) is 2. The molecule has 1 atom stereocenters. The van der Waals surface area contributed by atoms with Crippen molar-refractivity contribution in [1.82, 2.24) is 10.6 Å².